The van der Waals surface area contributed by atoms with E-state index < -0.39 is 17.5 Å². The standard InChI is InChI=1S/C12H14F2N2O.ClH/c13-8-3-4-11(14)10(6-8)12(17)16-7-9-2-1-5-15-9;/h3-4,6,9,15H,1-2,5,7H2,(H,16,17);1H. The summed E-state index contributed by atoms with van der Waals surface area (Å²) in [5, 5.41) is 5.81. The zero-order chi connectivity index (χ0) is 12.3. The van der Waals surface area contributed by atoms with Gasteiger partial charge in [0, 0.05) is 12.6 Å². The monoisotopic (exact) mass is 276 g/mol. The van der Waals surface area contributed by atoms with Gasteiger partial charge in [0.15, 0.2) is 0 Å². The molecule has 1 aliphatic heterocycles. The Balaban J connectivity index is 0.00000162. The summed E-state index contributed by atoms with van der Waals surface area (Å²) in [5.41, 5.74) is -0.247. The van der Waals surface area contributed by atoms with Crippen molar-refractivity contribution in [2.24, 2.45) is 0 Å². The molecule has 0 bridgehead atoms. The second-order valence-corrected chi connectivity index (χ2v) is 4.13. The van der Waals surface area contributed by atoms with Crippen LogP contribution in [0.15, 0.2) is 18.2 Å². The van der Waals surface area contributed by atoms with Crippen LogP contribution in [0.2, 0.25) is 0 Å². The Kier molecular flexibility index (Phi) is 5.50. The van der Waals surface area contributed by atoms with E-state index in [2.05, 4.69) is 10.6 Å². The molecule has 3 nitrogen and oxygen atoms in total. The van der Waals surface area contributed by atoms with Crippen LogP contribution in [0.5, 0.6) is 0 Å². The van der Waals surface area contributed by atoms with E-state index in [0.29, 0.717) is 6.54 Å². The van der Waals surface area contributed by atoms with Crippen molar-refractivity contribution in [3.05, 3.63) is 35.4 Å². The molecule has 1 unspecified atom stereocenters. The first-order chi connectivity index (χ1) is 8.16. The molecule has 18 heavy (non-hydrogen) atoms. The van der Waals surface area contributed by atoms with E-state index >= 15 is 0 Å². The van der Waals surface area contributed by atoms with E-state index in [1.165, 1.54) is 0 Å². The summed E-state index contributed by atoms with van der Waals surface area (Å²) in [6.07, 6.45) is 2.07. The predicted molar refractivity (Wildman–Crippen MR) is 67.0 cm³/mol. The van der Waals surface area contributed by atoms with Gasteiger partial charge in [-0.1, -0.05) is 0 Å². The van der Waals surface area contributed by atoms with Crippen molar-refractivity contribution in [3.63, 3.8) is 0 Å². The lowest BCUT2D eigenvalue weighted by Gasteiger charge is -2.11. The minimum atomic E-state index is -0.705. The number of rotatable bonds is 3. The molecule has 1 heterocycles. The van der Waals surface area contributed by atoms with Crippen LogP contribution in [0.3, 0.4) is 0 Å². The summed E-state index contributed by atoms with van der Waals surface area (Å²) in [6.45, 7) is 1.38. The fraction of sp³-hybridized carbons (Fsp3) is 0.417. The minimum absolute atomic E-state index is 0. The summed E-state index contributed by atoms with van der Waals surface area (Å²) >= 11 is 0. The third-order valence-electron chi connectivity index (χ3n) is 2.84. The highest BCUT2D eigenvalue weighted by atomic mass is 35.5. The van der Waals surface area contributed by atoms with Crippen LogP contribution in [-0.4, -0.2) is 25.0 Å². The van der Waals surface area contributed by atoms with E-state index in [1.807, 2.05) is 0 Å². The average Bonchev–Trinajstić information content (AvgIpc) is 2.82. The molecule has 0 aromatic heterocycles. The minimum Gasteiger partial charge on any atom is -0.350 e. The molecule has 6 heteroatoms. The van der Waals surface area contributed by atoms with Crippen LogP contribution in [0.1, 0.15) is 23.2 Å². The van der Waals surface area contributed by atoms with Crippen molar-refractivity contribution in [1.29, 1.82) is 0 Å². The van der Waals surface area contributed by atoms with Crippen molar-refractivity contribution in [2.45, 2.75) is 18.9 Å². The first-order valence-electron chi connectivity index (χ1n) is 5.63. The Morgan fingerprint density at radius 1 is 1.44 bits per heavy atom. The van der Waals surface area contributed by atoms with Crippen molar-refractivity contribution < 1.29 is 13.6 Å². The highest BCUT2D eigenvalue weighted by Crippen LogP contribution is 2.10. The Labute approximate surface area is 110 Å². The smallest absolute Gasteiger partial charge is 0.254 e. The highest BCUT2D eigenvalue weighted by Gasteiger charge is 2.17. The van der Waals surface area contributed by atoms with Gasteiger partial charge in [-0.05, 0) is 37.6 Å². The average molecular weight is 277 g/mol. The van der Waals surface area contributed by atoms with Gasteiger partial charge in [0.2, 0.25) is 0 Å². The molecule has 1 saturated heterocycles. The topological polar surface area (TPSA) is 41.1 Å². The van der Waals surface area contributed by atoms with Crippen molar-refractivity contribution in [2.75, 3.05) is 13.1 Å². The van der Waals surface area contributed by atoms with Crippen LogP contribution >= 0.6 is 12.4 Å². The number of nitrogens with one attached hydrogen (secondary N) is 2. The molecule has 100 valence electrons. The van der Waals surface area contributed by atoms with Crippen molar-refractivity contribution in [1.82, 2.24) is 10.6 Å². The Morgan fingerprint density at radius 3 is 2.89 bits per heavy atom. The van der Waals surface area contributed by atoms with Gasteiger partial charge < -0.3 is 10.6 Å². The summed E-state index contributed by atoms with van der Waals surface area (Å²) in [5.74, 6) is -1.89. The van der Waals surface area contributed by atoms with E-state index in [1.54, 1.807) is 0 Å². The zero-order valence-corrected chi connectivity index (χ0v) is 10.5. The molecule has 1 fully saturated rings. The molecule has 0 aliphatic carbocycles. The van der Waals surface area contributed by atoms with E-state index in [-0.39, 0.29) is 24.0 Å². The fourth-order valence-electron chi connectivity index (χ4n) is 1.91. The zero-order valence-electron chi connectivity index (χ0n) is 9.71. The van der Waals surface area contributed by atoms with Gasteiger partial charge in [-0.3, -0.25) is 4.79 Å². The molecular formula is C12H15ClF2N2O. The van der Waals surface area contributed by atoms with Gasteiger partial charge in [-0.2, -0.15) is 0 Å². The Bertz CT molecular complexity index is 423. The van der Waals surface area contributed by atoms with Gasteiger partial charge in [-0.25, -0.2) is 8.78 Å². The lowest BCUT2D eigenvalue weighted by Crippen LogP contribution is -2.37. The van der Waals surface area contributed by atoms with E-state index in [9.17, 15) is 13.6 Å². The third kappa shape index (κ3) is 3.65. The second-order valence-electron chi connectivity index (χ2n) is 4.13. The van der Waals surface area contributed by atoms with Crippen LogP contribution in [-0.2, 0) is 0 Å². The fourth-order valence-corrected chi connectivity index (χ4v) is 1.91. The molecule has 0 spiro atoms. The van der Waals surface area contributed by atoms with E-state index in [4.69, 9.17) is 0 Å². The summed E-state index contributed by atoms with van der Waals surface area (Å²) in [7, 11) is 0. The van der Waals surface area contributed by atoms with Crippen LogP contribution in [0.4, 0.5) is 8.78 Å². The van der Waals surface area contributed by atoms with E-state index in [0.717, 1.165) is 37.6 Å². The van der Waals surface area contributed by atoms with Gasteiger partial charge in [0.1, 0.15) is 11.6 Å². The Hall–Kier alpha value is -1.20. The molecule has 0 radical (unpaired) electrons. The van der Waals surface area contributed by atoms with Gasteiger partial charge in [-0.15, -0.1) is 12.4 Å². The lowest BCUT2D eigenvalue weighted by atomic mass is 10.1. The number of carbonyl (C=O) groups excluding carboxylic acids is 1. The van der Waals surface area contributed by atoms with Gasteiger partial charge in [0.25, 0.3) is 5.91 Å². The number of halogens is 3. The largest absolute Gasteiger partial charge is 0.350 e. The first kappa shape index (κ1) is 14.9. The first-order valence-corrected chi connectivity index (χ1v) is 5.63. The van der Waals surface area contributed by atoms with Crippen LogP contribution < -0.4 is 10.6 Å². The van der Waals surface area contributed by atoms with Crippen LogP contribution in [0.25, 0.3) is 0 Å². The summed E-state index contributed by atoms with van der Waals surface area (Å²) in [4.78, 5) is 11.6. The summed E-state index contributed by atoms with van der Waals surface area (Å²) < 4.78 is 26.2. The molecule has 2 rings (SSSR count). The molecule has 1 amide bonds. The maximum absolute atomic E-state index is 13.3. The van der Waals surface area contributed by atoms with Gasteiger partial charge in [0.05, 0.1) is 5.56 Å². The number of benzene rings is 1. The number of amides is 1. The van der Waals surface area contributed by atoms with Crippen molar-refractivity contribution >= 4 is 18.3 Å². The lowest BCUT2D eigenvalue weighted by molar-refractivity contribution is 0.0946. The maximum atomic E-state index is 13.3. The number of hydrogen-bond donors (Lipinski definition) is 2. The molecule has 1 atom stereocenters. The maximum Gasteiger partial charge on any atom is 0.254 e. The predicted octanol–water partition coefficient (Wildman–Crippen LogP) is 1.87. The molecule has 1 aromatic rings. The SMILES string of the molecule is Cl.O=C(NCC1CCCN1)c1cc(F)ccc1F. The third-order valence-corrected chi connectivity index (χ3v) is 2.84. The normalized spacial score (nSPS) is 18.2. The second kappa shape index (κ2) is 6.66. The summed E-state index contributed by atoms with van der Waals surface area (Å²) in [6, 6.07) is 3.09. The molecule has 0 saturated carbocycles. The van der Waals surface area contributed by atoms with Gasteiger partial charge >= 0.3 is 0 Å². The highest BCUT2D eigenvalue weighted by molar-refractivity contribution is 5.94. The van der Waals surface area contributed by atoms with Crippen LogP contribution in [0, 0.1) is 11.6 Å². The number of carbonyl (C=O) groups is 1. The molecule has 2 N–H and O–H groups in total. The van der Waals surface area contributed by atoms with Crippen molar-refractivity contribution in [3.8, 4) is 0 Å². The number of hydrogen-bond acceptors (Lipinski definition) is 2. The quantitative estimate of drug-likeness (QED) is 0.885. The molecule has 1 aromatic carbocycles. The molecular weight excluding hydrogens is 262 g/mol. The Morgan fingerprint density at radius 2 is 2.22 bits per heavy atom. The molecule has 1 aliphatic rings.